The molecular formula is C12H19N3O. The van der Waals surface area contributed by atoms with Crippen LogP contribution < -0.4 is 10.5 Å². The van der Waals surface area contributed by atoms with Crippen LogP contribution in [0.15, 0.2) is 24.4 Å². The van der Waals surface area contributed by atoms with Crippen LogP contribution >= 0.6 is 0 Å². The maximum absolute atomic E-state index is 5.81. The molecule has 0 spiro atoms. The van der Waals surface area contributed by atoms with Crippen molar-refractivity contribution >= 4 is 0 Å². The number of aromatic nitrogens is 1. The van der Waals surface area contributed by atoms with Gasteiger partial charge in [-0.2, -0.15) is 0 Å². The van der Waals surface area contributed by atoms with Crippen molar-refractivity contribution in [1.82, 2.24) is 9.88 Å². The van der Waals surface area contributed by atoms with Crippen LogP contribution in [-0.2, 0) is 0 Å². The first kappa shape index (κ1) is 11.4. The van der Waals surface area contributed by atoms with E-state index in [2.05, 4.69) is 9.88 Å². The number of pyridine rings is 1. The van der Waals surface area contributed by atoms with Crippen LogP contribution in [0.5, 0.6) is 5.88 Å². The third-order valence-electron chi connectivity index (χ3n) is 2.91. The molecule has 16 heavy (non-hydrogen) atoms. The van der Waals surface area contributed by atoms with Gasteiger partial charge in [0.25, 0.3) is 0 Å². The van der Waals surface area contributed by atoms with Gasteiger partial charge in [-0.1, -0.05) is 6.07 Å². The molecule has 4 heteroatoms. The summed E-state index contributed by atoms with van der Waals surface area (Å²) in [4.78, 5) is 6.56. The number of rotatable bonds is 4. The van der Waals surface area contributed by atoms with Crippen molar-refractivity contribution in [3.8, 4) is 5.88 Å². The second-order valence-corrected chi connectivity index (χ2v) is 4.12. The van der Waals surface area contributed by atoms with Gasteiger partial charge < -0.3 is 15.4 Å². The maximum atomic E-state index is 5.81. The Kier molecular flexibility index (Phi) is 4.13. The van der Waals surface area contributed by atoms with Gasteiger partial charge in [-0.25, -0.2) is 4.98 Å². The molecule has 1 aliphatic heterocycles. The molecule has 0 atom stereocenters. The summed E-state index contributed by atoms with van der Waals surface area (Å²) >= 11 is 0. The molecule has 0 aliphatic carbocycles. The molecule has 1 aliphatic rings. The minimum atomic E-state index is 0.309. The van der Waals surface area contributed by atoms with Crippen LogP contribution in [0.2, 0.25) is 0 Å². The highest BCUT2D eigenvalue weighted by atomic mass is 16.5. The Morgan fingerprint density at radius 3 is 2.81 bits per heavy atom. The quantitative estimate of drug-likeness (QED) is 0.820. The molecule has 2 N–H and O–H groups in total. The SMILES string of the molecule is NCCN1CCC(Oc2ccccn2)CC1. The highest BCUT2D eigenvalue weighted by molar-refractivity contribution is 5.09. The van der Waals surface area contributed by atoms with Gasteiger partial charge in [-0.15, -0.1) is 0 Å². The Morgan fingerprint density at radius 2 is 2.19 bits per heavy atom. The summed E-state index contributed by atoms with van der Waals surface area (Å²) in [7, 11) is 0. The lowest BCUT2D eigenvalue weighted by Crippen LogP contribution is -2.40. The third-order valence-corrected chi connectivity index (χ3v) is 2.91. The number of likely N-dealkylation sites (tertiary alicyclic amines) is 1. The molecule has 0 aromatic carbocycles. The second-order valence-electron chi connectivity index (χ2n) is 4.12. The average molecular weight is 221 g/mol. The summed E-state index contributed by atoms with van der Waals surface area (Å²) in [6, 6.07) is 5.76. The van der Waals surface area contributed by atoms with Crippen LogP contribution in [0, 0.1) is 0 Å². The van der Waals surface area contributed by atoms with Gasteiger partial charge in [-0.05, 0) is 18.9 Å². The van der Waals surface area contributed by atoms with Crippen molar-refractivity contribution < 1.29 is 4.74 Å². The van der Waals surface area contributed by atoms with Crippen LogP contribution in [0.4, 0.5) is 0 Å². The topological polar surface area (TPSA) is 51.4 Å². The predicted octanol–water partition coefficient (Wildman–Crippen LogP) is 0.883. The second kappa shape index (κ2) is 5.82. The van der Waals surface area contributed by atoms with Gasteiger partial charge in [0.1, 0.15) is 6.10 Å². The molecule has 0 unspecified atom stereocenters. The number of ether oxygens (including phenoxy) is 1. The number of nitrogens with two attached hydrogens (primary N) is 1. The smallest absolute Gasteiger partial charge is 0.213 e. The van der Waals surface area contributed by atoms with E-state index in [1.54, 1.807) is 6.20 Å². The normalized spacial score (nSPS) is 18.6. The molecule has 0 saturated carbocycles. The standard InChI is InChI=1S/C12H19N3O/c13-6-10-15-8-4-11(5-9-15)16-12-3-1-2-7-14-12/h1-3,7,11H,4-6,8-10,13H2. The van der Waals surface area contributed by atoms with E-state index in [4.69, 9.17) is 10.5 Å². The lowest BCUT2D eigenvalue weighted by Gasteiger charge is -2.31. The van der Waals surface area contributed by atoms with Crippen LogP contribution in [-0.4, -0.2) is 42.2 Å². The van der Waals surface area contributed by atoms with Gasteiger partial charge in [0.15, 0.2) is 0 Å². The summed E-state index contributed by atoms with van der Waals surface area (Å²) < 4.78 is 5.81. The molecule has 0 bridgehead atoms. The van der Waals surface area contributed by atoms with Crippen molar-refractivity contribution in [1.29, 1.82) is 0 Å². The monoisotopic (exact) mass is 221 g/mol. The van der Waals surface area contributed by atoms with Crippen molar-refractivity contribution in [2.45, 2.75) is 18.9 Å². The molecule has 88 valence electrons. The molecule has 4 nitrogen and oxygen atoms in total. The van der Waals surface area contributed by atoms with Crippen molar-refractivity contribution in [2.75, 3.05) is 26.2 Å². The number of hydrogen-bond donors (Lipinski definition) is 1. The molecule has 1 saturated heterocycles. The maximum Gasteiger partial charge on any atom is 0.213 e. The number of piperidine rings is 1. The lowest BCUT2D eigenvalue weighted by molar-refractivity contribution is 0.0985. The van der Waals surface area contributed by atoms with E-state index in [0.29, 0.717) is 6.10 Å². The van der Waals surface area contributed by atoms with Gasteiger partial charge >= 0.3 is 0 Å². The minimum Gasteiger partial charge on any atom is -0.474 e. The first-order chi connectivity index (χ1) is 7.88. The molecule has 0 radical (unpaired) electrons. The first-order valence-corrected chi connectivity index (χ1v) is 5.88. The van der Waals surface area contributed by atoms with E-state index in [1.807, 2.05) is 18.2 Å². The van der Waals surface area contributed by atoms with Gasteiger partial charge in [0.2, 0.25) is 5.88 Å². The zero-order valence-electron chi connectivity index (χ0n) is 9.51. The van der Waals surface area contributed by atoms with E-state index in [-0.39, 0.29) is 0 Å². The van der Waals surface area contributed by atoms with Crippen LogP contribution in [0.1, 0.15) is 12.8 Å². The molecule has 1 aromatic rings. The third kappa shape index (κ3) is 3.18. The van der Waals surface area contributed by atoms with E-state index in [9.17, 15) is 0 Å². The average Bonchev–Trinajstić information content (AvgIpc) is 2.33. The fraction of sp³-hybridized carbons (Fsp3) is 0.583. The summed E-state index contributed by atoms with van der Waals surface area (Å²) in [5, 5.41) is 0. The molecular weight excluding hydrogens is 202 g/mol. The predicted molar refractivity (Wildman–Crippen MR) is 63.4 cm³/mol. The summed E-state index contributed by atoms with van der Waals surface area (Å²) in [5.41, 5.74) is 5.53. The molecule has 1 aromatic heterocycles. The number of nitrogens with zero attached hydrogens (tertiary/aromatic N) is 2. The fourth-order valence-corrected chi connectivity index (χ4v) is 2.02. The van der Waals surface area contributed by atoms with E-state index >= 15 is 0 Å². The summed E-state index contributed by atoms with van der Waals surface area (Å²) in [6.07, 6.45) is 4.20. The lowest BCUT2D eigenvalue weighted by atomic mass is 10.1. The fourth-order valence-electron chi connectivity index (χ4n) is 2.02. The Bertz CT molecular complexity index is 296. The van der Waals surface area contributed by atoms with Crippen LogP contribution in [0.25, 0.3) is 0 Å². The van der Waals surface area contributed by atoms with E-state index in [0.717, 1.165) is 44.9 Å². The summed E-state index contributed by atoms with van der Waals surface area (Å²) in [6.45, 7) is 3.89. The largest absolute Gasteiger partial charge is 0.474 e. The minimum absolute atomic E-state index is 0.309. The Labute approximate surface area is 96.4 Å². The van der Waals surface area contributed by atoms with E-state index < -0.39 is 0 Å². The van der Waals surface area contributed by atoms with E-state index in [1.165, 1.54) is 0 Å². The summed E-state index contributed by atoms with van der Waals surface area (Å²) in [5.74, 6) is 0.736. The van der Waals surface area contributed by atoms with Gasteiger partial charge in [-0.3, -0.25) is 0 Å². The Balaban J connectivity index is 1.77. The first-order valence-electron chi connectivity index (χ1n) is 5.88. The molecule has 2 rings (SSSR count). The number of hydrogen-bond acceptors (Lipinski definition) is 4. The zero-order chi connectivity index (χ0) is 11.2. The zero-order valence-corrected chi connectivity index (χ0v) is 9.51. The van der Waals surface area contributed by atoms with Crippen molar-refractivity contribution in [3.05, 3.63) is 24.4 Å². The Hall–Kier alpha value is -1.13. The van der Waals surface area contributed by atoms with Gasteiger partial charge in [0.05, 0.1) is 0 Å². The Morgan fingerprint density at radius 1 is 1.38 bits per heavy atom. The highest BCUT2D eigenvalue weighted by Crippen LogP contribution is 2.16. The van der Waals surface area contributed by atoms with Gasteiger partial charge in [0, 0.05) is 38.4 Å². The van der Waals surface area contributed by atoms with Crippen molar-refractivity contribution in [3.63, 3.8) is 0 Å². The highest BCUT2D eigenvalue weighted by Gasteiger charge is 2.19. The van der Waals surface area contributed by atoms with Crippen LogP contribution in [0.3, 0.4) is 0 Å². The van der Waals surface area contributed by atoms with Crippen molar-refractivity contribution in [2.24, 2.45) is 5.73 Å². The molecule has 1 fully saturated rings. The molecule has 2 heterocycles. The molecule has 0 amide bonds.